The molecule has 0 aliphatic carbocycles. The van der Waals surface area contributed by atoms with Crippen LogP contribution in [0.1, 0.15) is 45.6 Å². The van der Waals surface area contributed by atoms with Gasteiger partial charge in [0.05, 0.1) is 0 Å². The first-order valence-electron chi connectivity index (χ1n) is 7.72. The minimum absolute atomic E-state index is 0.0443. The highest BCUT2D eigenvalue weighted by atomic mass is 35.5. The zero-order valence-electron chi connectivity index (χ0n) is 13.3. The Morgan fingerprint density at radius 3 is 2.62 bits per heavy atom. The van der Waals surface area contributed by atoms with Gasteiger partial charge in [0.1, 0.15) is 0 Å². The van der Waals surface area contributed by atoms with Crippen LogP contribution in [0.3, 0.4) is 0 Å². The number of halogens is 1. The molecule has 0 heterocycles. The summed E-state index contributed by atoms with van der Waals surface area (Å²) in [5.41, 5.74) is 6.82. The van der Waals surface area contributed by atoms with Crippen molar-refractivity contribution in [3.05, 3.63) is 34.9 Å². The van der Waals surface area contributed by atoms with E-state index in [1.54, 1.807) is 0 Å². The maximum absolute atomic E-state index is 12.5. The number of nitrogens with two attached hydrogens (primary N) is 1. The number of hydrogen-bond acceptors (Lipinski definition) is 2. The second-order valence-electron chi connectivity index (χ2n) is 5.79. The lowest BCUT2D eigenvalue weighted by molar-refractivity contribution is -0.135. The molecule has 0 aliphatic rings. The highest BCUT2D eigenvalue weighted by Gasteiger charge is 2.19. The van der Waals surface area contributed by atoms with Gasteiger partial charge in [0.25, 0.3) is 0 Å². The predicted octanol–water partition coefficient (Wildman–Crippen LogP) is 3.84. The number of carbonyl (C=O) groups is 1. The smallest absolute Gasteiger partial charge is 0.225 e. The van der Waals surface area contributed by atoms with Crippen LogP contribution in [0.25, 0.3) is 0 Å². The summed E-state index contributed by atoms with van der Waals surface area (Å²) in [4.78, 5) is 14.4. The lowest BCUT2D eigenvalue weighted by atomic mass is 10.0. The summed E-state index contributed by atoms with van der Waals surface area (Å²) < 4.78 is 0. The first-order valence-corrected chi connectivity index (χ1v) is 8.10. The van der Waals surface area contributed by atoms with Crippen LogP contribution in [0.2, 0.25) is 5.02 Å². The van der Waals surface area contributed by atoms with Crippen LogP contribution < -0.4 is 5.73 Å². The van der Waals surface area contributed by atoms with Crippen LogP contribution in [0, 0.1) is 5.92 Å². The number of carbonyl (C=O) groups excluding carboxylic acids is 1. The second kappa shape index (κ2) is 9.06. The summed E-state index contributed by atoms with van der Waals surface area (Å²) >= 11 is 6.00. The average Bonchev–Trinajstić information content (AvgIpc) is 2.43. The Morgan fingerprint density at radius 2 is 2.05 bits per heavy atom. The quantitative estimate of drug-likeness (QED) is 0.793. The molecule has 0 spiro atoms. The first kappa shape index (κ1) is 18.0. The Hall–Kier alpha value is -1.06. The minimum atomic E-state index is 0.0443. The molecule has 118 valence electrons. The molecule has 4 heteroatoms. The monoisotopic (exact) mass is 310 g/mol. The minimum Gasteiger partial charge on any atom is -0.338 e. The number of hydrogen-bond donors (Lipinski definition) is 1. The molecule has 0 radical (unpaired) electrons. The van der Waals surface area contributed by atoms with E-state index in [0.29, 0.717) is 18.1 Å². The lowest BCUT2D eigenvalue weighted by Crippen LogP contribution is -2.34. The molecule has 0 saturated carbocycles. The summed E-state index contributed by atoms with van der Waals surface area (Å²) in [5.74, 6) is 0.255. The number of nitrogens with zero attached hydrogens (tertiary/aromatic N) is 1. The van der Waals surface area contributed by atoms with Crippen LogP contribution in [0.15, 0.2) is 24.3 Å². The van der Waals surface area contributed by atoms with E-state index in [1.165, 1.54) is 0 Å². The molecule has 1 aromatic carbocycles. The molecular weight excluding hydrogens is 284 g/mol. The Labute approximate surface area is 133 Å². The van der Waals surface area contributed by atoms with E-state index in [4.69, 9.17) is 17.3 Å². The fourth-order valence-electron chi connectivity index (χ4n) is 2.38. The van der Waals surface area contributed by atoms with Gasteiger partial charge in [-0.1, -0.05) is 37.1 Å². The third-order valence-electron chi connectivity index (χ3n) is 3.67. The van der Waals surface area contributed by atoms with Crippen molar-refractivity contribution in [2.24, 2.45) is 11.7 Å². The zero-order chi connectivity index (χ0) is 15.8. The largest absolute Gasteiger partial charge is 0.338 e. The first-order chi connectivity index (χ1) is 9.93. The van der Waals surface area contributed by atoms with Crippen molar-refractivity contribution in [1.29, 1.82) is 0 Å². The topological polar surface area (TPSA) is 46.3 Å². The molecule has 1 rings (SSSR count). The summed E-state index contributed by atoms with van der Waals surface area (Å²) in [6.45, 7) is 7.35. The van der Waals surface area contributed by atoms with Crippen LogP contribution in [-0.2, 0) is 11.3 Å². The van der Waals surface area contributed by atoms with E-state index in [1.807, 2.05) is 49.9 Å². The van der Waals surface area contributed by atoms with Crippen LogP contribution in [0.4, 0.5) is 0 Å². The fraction of sp³-hybridized carbons (Fsp3) is 0.588. The fourth-order valence-corrected chi connectivity index (χ4v) is 2.60. The maximum atomic E-state index is 12.5. The lowest BCUT2D eigenvalue weighted by Gasteiger charge is -2.25. The van der Waals surface area contributed by atoms with Gasteiger partial charge >= 0.3 is 0 Å². The van der Waals surface area contributed by atoms with E-state index < -0.39 is 0 Å². The normalized spacial score (nSPS) is 13.8. The molecule has 0 aliphatic heterocycles. The molecule has 2 N–H and O–H groups in total. The molecule has 0 bridgehead atoms. The Morgan fingerprint density at radius 1 is 1.33 bits per heavy atom. The molecule has 2 atom stereocenters. The van der Waals surface area contributed by atoms with Crippen molar-refractivity contribution >= 4 is 17.5 Å². The van der Waals surface area contributed by atoms with Crippen molar-refractivity contribution in [2.45, 2.75) is 52.6 Å². The van der Waals surface area contributed by atoms with Gasteiger partial charge in [-0.15, -0.1) is 0 Å². The van der Waals surface area contributed by atoms with Gasteiger partial charge in [0.15, 0.2) is 0 Å². The van der Waals surface area contributed by atoms with Gasteiger partial charge in [0.2, 0.25) is 5.91 Å². The third-order valence-corrected chi connectivity index (χ3v) is 3.91. The van der Waals surface area contributed by atoms with Gasteiger partial charge in [-0.2, -0.15) is 0 Å². The predicted molar refractivity (Wildman–Crippen MR) is 89.2 cm³/mol. The van der Waals surface area contributed by atoms with Crippen LogP contribution in [-0.4, -0.2) is 23.4 Å². The average molecular weight is 311 g/mol. The summed E-state index contributed by atoms with van der Waals surface area (Å²) in [7, 11) is 0. The Kier molecular flexibility index (Phi) is 7.76. The highest BCUT2D eigenvalue weighted by Crippen LogP contribution is 2.16. The van der Waals surface area contributed by atoms with Gasteiger partial charge in [-0.3, -0.25) is 4.79 Å². The van der Waals surface area contributed by atoms with Crippen LogP contribution in [0.5, 0.6) is 0 Å². The SMILES string of the molecule is CCN(Cc1cccc(Cl)c1)C(=O)C(C)CCCC(C)N. The van der Waals surface area contributed by atoms with E-state index in [0.717, 1.165) is 24.8 Å². The van der Waals surface area contributed by atoms with Crippen molar-refractivity contribution < 1.29 is 4.79 Å². The van der Waals surface area contributed by atoms with Crippen molar-refractivity contribution in [3.8, 4) is 0 Å². The Balaban J connectivity index is 2.56. The van der Waals surface area contributed by atoms with E-state index >= 15 is 0 Å². The molecular formula is C17H27ClN2O. The molecule has 3 nitrogen and oxygen atoms in total. The molecule has 0 aromatic heterocycles. The van der Waals surface area contributed by atoms with Gasteiger partial charge < -0.3 is 10.6 Å². The van der Waals surface area contributed by atoms with Gasteiger partial charge in [-0.05, 0) is 44.4 Å². The third kappa shape index (κ3) is 6.49. The summed E-state index contributed by atoms with van der Waals surface area (Å²) in [5, 5.41) is 0.709. The molecule has 1 amide bonds. The molecule has 0 fully saturated rings. The molecule has 1 aromatic rings. The highest BCUT2D eigenvalue weighted by molar-refractivity contribution is 6.30. The van der Waals surface area contributed by atoms with Crippen LogP contribution >= 0.6 is 11.6 Å². The Bertz CT molecular complexity index is 448. The van der Waals surface area contributed by atoms with E-state index in [9.17, 15) is 4.79 Å². The number of benzene rings is 1. The molecule has 21 heavy (non-hydrogen) atoms. The molecule has 0 saturated heterocycles. The van der Waals surface area contributed by atoms with E-state index in [-0.39, 0.29) is 17.9 Å². The standard InChI is InChI=1S/C17H27ClN2O/c1-4-20(12-15-9-6-10-16(18)11-15)17(21)13(2)7-5-8-14(3)19/h6,9-11,13-14H,4-5,7-8,12,19H2,1-3H3. The number of rotatable bonds is 8. The second-order valence-corrected chi connectivity index (χ2v) is 6.23. The molecule has 2 unspecified atom stereocenters. The zero-order valence-corrected chi connectivity index (χ0v) is 14.1. The van der Waals surface area contributed by atoms with Crippen molar-refractivity contribution in [3.63, 3.8) is 0 Å². The number of amides is 1. The maximum Gasteiger partial charge on any atom is 0.225 e. The van der Waals surface area contributed by atoms with E-state index in [2.05, 4.69) is 0 Å². The van der Waals surface area contributed by atoms with Crippen molar-refractivity contribution in [2.75, 3.05) is 6.54 Å². The van der Waals surface area contributed by atoms with Gasteiger partial charge in [0, 0.05) is 30.1 Å². The van der Waals surface area contributed by atoms with Crippen molar-refractivity contribution in [1.82, 2.24) is 4.90 Å². The summed E-state index contributed by atoms with van der Waals surface area (Å²) in [6, 6.07) is 7.89. The van der Waals surface area contributed by atoms with Gasteiger partial charge in [-0.25, -0.2) is 0 Å². The summed E-state index contributed by atoms with van der Waals surface area (Å²) in [6.07, 6.45) is 2.86.